The molecule has 11 heavy (non-hydrogen) atoms. The van der Waals surface area contributed by atoms with Gasteiger partial charge in [-0.15, -0.1) is 5.92 Å². The number of hydrogen-bond donors (Lipinski definition) is 0. The third-order valence-electron chi connectivity index (χ3n) is 2.05. The van der Waals surface area contributed by atoms with Crippen molar-refractivity contribution in [2.45, 2.75) is 39.4 Å². The van der Waals surface area contributed by atoms with Gasteiger partial charge in [-0.2, -0.15) is 0 Å². The van der Waals surface area contributed by atoms with Gasteiger partial charge >= 0.3 is 0 Å². The summed E-state index contributed by atoms with van der Waals surface area (Å²) in [5.41, 5.74) is 0. The zero-order valence-corrected chi connectivity index (χ0v) is 13.3. The maximum Gasteiger partial charge on any atom is 0.0272 e. The molecule has 3 atom stereocenters. The zero-order valence-electron chi connectivity index (χ0n) is 7.58. The first-order valence-corrected chi connectivity index (χ1v) is 3.74. The normalized spacial score (nSPS) is 35.7. The molecule has 1 heterocycles. The van der Waals surface area contributed by atoms with E-state index < -0.39 is 0 Å². The van der Waals surface area contributed by atoms with Crippen LogP contribution in [0.15, 0.2) is 0 Å². The largest absolute Gasteiger partial charge is 0.409 e. The molecule has 0 spiro atoms. The van der Waals surface area contributed by atoms with Gasteiger partial charge < -0.3 is 4.74 Å². The molecule has 2 unspecified atom stereocenters. The fourth-order valence-electron chi connectivity index (χ4n) is 1.17. The monoisotopic (exact) mass is 305 g/mol. The molecule has 0 aliphatic carbocycles. The Morgan fingerprint density at radius 1 is 1.27 bits per heavy atom. The summed E-state index contributed by atoms with van der Waals surface area (Å²) in [6.07, 6.45) is 4.28. The van der Waals surface area contributed by atoms with Crippen molar-refractivity contribution in [3.8, 4) is 0 Å². The minimum atomic E-state index is 0. The van der Waals surface area contributed by atoms with Gasteiger partial charge in [0.2, 0.25) is 0 Å². The molecule has 0 saturated carbocycles. The second-order valence-corrected chi connectivity index (χ2v) is 2.84. The Morgan fingerprint density at radius 2 is 1.82 bits per heavy atom. The van der Waals surface area contributed by atoms with Crippen LogP contribution in [-0.4, -0.2) is 12.2 Å². The number of hydrogen-bond acceptors (Lipinski definition) is 1. The van der Waals surface area contributed by atoms with Crippen LogP contribution in [0, 0.1) is 12.3 Å². The quantitative estimate of drug-likeness (QED) is 0.674. The molecule has 1 fully saturated rings. The summed E-state index contributed by atoms with van der Waals surface area (Å²) >= 11 is 0. The van der Waals surface area contributed by atoms with E-state index in [0.29, 0.717) is 18.1 Å². The van der Waals surface area contributed by atoms with Crippen LogP contribution < -0.4 is 0 Å². The van der Waals surface area contributed by atoms with E-state index in [1.54, 1.807) is 0 Å². The summed E-state index contributed by atoms with van der Waals surface area (Å²) in [5.74, 6) is 0.648. The maximum absolute atomic E-state index is 5.57. The summed E-state index contributed by atoms with van der Waals surface area (Å²) in [6.45, 7) is 6.50. The Morgan fingerprint density at radius 3 is 2.00 bits per heavy atom. The summed E-state index contributed by atoms with van der Waals surface area (Å²) in [5, 5.41) is 0. The van der Waals surface area contributed by atoms with Gasteiger partial charge in [-0.25, -0.2) is 0 Å². The fourth-order valence-corrected chi connectivity index (χ4v) is 1.17. The van der Waals surface area contributed by atoms with Gasteiger partial charge in [-0.3, -0.25) is 6.42 Å². The molecule has 0 aromatic rings. The first-order valence-electron chi connectivity index (χ1n) is 3.74. The van der Waals surface area contributed by atoms with E-state index in [2.05, 4.69) is 27.2 Å². The number of ether oxygens (including phenoxy) is 1. The fraction of sp³-hybridized carbons (Fsp3) is 0.875. The van der Waals surface area contributed by atoms with Crippen molar-refractivity contribution < 1.29 is 70.2 Å². The molecule has 2 radical (unpaired) electrons. The first kappa shape index (κ1) is 15.6. The zero-order chi connectivity index (χ0) is 6.85. The summed E-state index contributed by atoms with van der Waals surface area (Å²) in [6, 6.07) is 0. The van der Waals surface area contributed by atoms with E-state index in [-0.39, 0.29) is 65.4 Å². The van der Waals surface area contributed by atoms with Gasteiger partial charge in [0.15, 0.2) is 0 Å². The molecule has 0 aromatic carbocycles. The van der Waals surface area contributed by atoms with E-state index in [9.17, 15) is 0 Å². The molecule has 1 rings (SSSR count). The second-order valence-electron chi connectivity index (χ2n) is 2.84. The van der Waals surface area contributed by atoms with Crippen LogP contribution >= 0.6 is 0 Å². The predicted octanol–water partition coefficient (Wildman–Crippen LogP) is 2.02. The maximum atomic E-state index is 5.57. The van der Waals surface area contributed by atoms with Crippen LogP contribution in [0.25, 0.3) is 0 Å². The van der Waals surface area contributed by atoms with Gasteiger partial charge in [-0.1, -0.05) is 26.4 Å². The predicted molar refractivity (Wildman–Crippen MR) is 38.1 cm³/mol. The molecule has 1 aliphatic heterocycles. The van der Waals surface area contributed by atoms with Crippen molar-refractivity contribution >= 4 is 0 Å². The van der Waals surface area contributed by atoms with Gasteiger partial charge in [0.25, 0.3) is 0 Å². The Hall–Kier alpha value is 2.17. The summed E-state index contributed by atoms with van der Waals surface area (Å²) in [7, 11) is 0. The molecule has 0 bridgehead atoms. The minimum Gasteiger partial charge on any atom is -0.409 e. The van der Waals surface area contributed by atoms with Gasteiger partial charge in [0.1, 0.15) is 0 Å². The van der Waals surface area contributed by atoms with Crippen LogP contribution in [0.4, 0.5) is 0 Å². The molecule has 0 amide bonds. The van der Waals surface area contributed by atoms with Crippen molar-refractivity contribution in [1.82, 2.24) is 0 Å². The van der Waals surface area contributed by atoms with Crippen LogP contribution in [-0.2, 0) is 70.2 Å². The van der Waals surface area contributed by atoms with Crippen molar-refractivity contribution in [3.63, 3.8) is 0 Å². The van der Waals surface area contributed by atoms with Crippen molar-refractivity contribution in [1.29, 1.82) is 0 Å². The smallest absolute Gasteiger partial charge is 0.0272 e. The average molecular weight is 305 g/mol. The van der Waals surface area contributed by atoms with Crippen LogP contribution in [0.5, 0.6) is 0 Å². The molecule has 1 nitrogen and oxygen atoms in total. The molecule has 3 heteroatoms. The average Bonchev–Trinajstić information content (AvgIpc) is 2.13. The van der Waals surface area contributed by atoms with Crippen LogP contribution in [0.3, 0.4) is 0 Å². The topological polar surface area (TPSA) is 9.23 Å². The Kier molecular flexibility index (Phi) is 10.7. The Bertz CT molecular complexity index is 88.1. The third-order valence-corrected chi connectivity index (χ3v) is 2.05. The first-order chi connectivity index (χ1) is 4.24. The summed E-state index contributed by atoms with van der Waals surface area (Å²) < 4.78 is 5.57. The minimum absolute atomic E-state index is 0. The number of rotatable bonds is 1. The van der Waals surface area contributed by atoms with Crippen LogP contribution in [0.1, 0.15) is 27.2 Å². The molecule has 1 aliphatic rings. The van der Waals surface area contributed by atoms with Gasteiger partial charge in [0.05, 0.1) is 0 Å². The van der Waals surface area contributed by atoms with E-state index >= 15 is 0 Å². The molecule has 60 valence electrons. The van der Waals surface area contributed by atoms with E-state index in [1.165, 1.54) is 0 Å². The van der Waals surface area contributed by atoms with Crippen molar-refractivity contribution in [3.05, 3.63) is 6.42 Å². The Labute approximate surface area is 120 Å². The van der Waals surface area contributed by atoms with E-state index in [0.717, 1.165) is 6.42 Å². The van der Waals surface area contributed by atoms with Crippen molar-refractivity contribution in [2.75, 3.05) is 0 Å². The molecular weight excluding hydrogens is 290 g/mol. The molecule has 0 aromatic heterocycles. The van der Waals surface area contributed by atoms with E-state index in [1.807, 2.05) is 0 Å². The van der Waals surface area contributed by atoms with Crippen molar-refractivity contribution in [2.24, 2.45) is 5.92 Å². The molecule has 1 saturated heterocycles. The van der Waals surface area contributed by atoms with Gasteiger partial charge in [0, 0.05) is 71.5 Å². The second kappa shape index (κ2) is 7.56. The SMILES string of the molecule is CCC1[CH-]C(C)[C@H](C)O1.[Y].[Y]. The Balaban J connectivity index is 0. The standard InChI is InChI=1S/C8H15O.2Y/c1-4-8-5-6(2)7(3)9-8;;/h5-8H,4H2,1-3H3;;/q-1;;/t6?,7-,8?;;/m0../s1. The van der Waals surface area contributed by atoms with Gasteiger partial charge in [-0.05, 0) is 6.92 Å². The third kappa shape index (κ3) is 4.81. The molecule has 0 N–H and O–H groups in total. The molecular formula is C8H15OY2-. The summed E-state index contributed by atoms with van der Waals surface area (Å²) in [4.78, 5) is 0. The van der Waals surface area contributed by atoms with E-state index in [4.69, 9.17) is 4.74 Å². The van der Waals surface area contributed by atoms with Crippen LogP contribution in [0.2, 0.25) is 0 Å².